The standard InChI is InChI=1S/C30H35BrClN3O4S/c1-5-6-17-33-30(37)23(4)34(19-24-10-12-25(31)13-11-24)29(36)20-35(28-18-26(32)14-9-22(28)3)40(38,39)27-15-7-21(2)8-16-27/h7-16,18,23H,5-6,17,19-20H2,1-4H3,(H,33,37)/t23-/m1/s1. The van der Waals surface area contributed by atoms with E-state index in [0.29, 0.717) is 22.8 Å². The van der Waals surface area contributed by atoms with Crippen LogP contribution in [-0.4, -0.2) is 44.3 Å². The highest BCUT2D eigenvalue weighted by atomic mass is 79.9. The Bertz CT molecular complexity index is 1430. The van der Waals surface area contributed by atoms with E-state index in [0.717, 1.165) is 32.7 Å². The topological polar surface area (TPSA) is 86.8 Å². The van der Waals surface area contributed by atoms with E-state index < -0.39 is 28.5 Å². The molecule has 1 N–H and O–H groups in total. The minimum absolute atomic E-state index is 0.0510. The zero-order chi connectivity index (χ0) is 29.4. The summed E-state index contributed by atoms with van der Waals surface area (Å²) in [7, 11) is -4.16. The molecule has 0 radical (unpaired) electrons. The van der Waals surface area contributed by atoms with Crippen LogP contribution in [0.3, 0.4) is 0 Å². The van der Waals surface area contributed by atoms with Crippen LogP contribution < -0.4 is 9.62 Å². The van der Waals surface area contributed by atoms with Crippen molar-refractivity contribution in [3.63, 3.8) is 0 Å². The number of halogens is 2. The molecule has 0 heterocycles. The Kier molecular flexibility index (Phi) is 11.2. The first-order valence-corrected chi connectivity index (χ1v) is 15.7. The van der Waals surface area contributed by atoms with E-state index in [9.17, 15) is 18.0 Å². The molecule has 0 aromatic heterocycles. The van der Waals surface area contributed by atoms with Crippen LogP contribution in [0.2, 0.25) is 5.02 Å². The Balaban J connectivity index is 2.04. The molecular formula is C30H35BrClN3O4S. The van der Waals surface area contributed by atoms with Gasteiger partial charge in [-0.05, 0) is 74.7 Å². The van der Waals surface area contributed by atoms with Gasteiger partial charge in [-0.3, -0.25) is 13.9 Å². The third-order valence-corrected chi connectivity index (χ3v) is 9.13. The van der Waals surface area contributed by atoms with Crippen LogP contribution in [0.5, 0.6) is 0 Å². The van der Waals surface area contributed by atoms with Gasteiger partial charge in [0.25, 0.3) is 10.0 Å². The van der Waals surface area contributed by atoms with E-state index >= 15 is 0 Å². The summed E-state index contributed by atoms with van der Waals surface area (Å²) < 4.78 is 29.9. The molecule has 10 heteroatoms. The zero-order valence-electron chi connectivity index (χ0n) is 23.2. The van der Waals surface area contributed by atoms with Crippen molar-refractivity contribution in [2.75, 3.05) is 17.4 Å². The van der Waals surface area contributed by atoms with Gasteiger partial charge in [-0.15, -0.1) is 0 Å². The fourth-order valence-corrected chi connectivity index (χ4v) is 6.01. The molecule has 0 unspecified atom stereocenters. The molecule has 3 rings (SSSR count). The van der Waals surface area contributed by atoms with E-state index in [2.05, 4.69) is 21.2 Å². The Labute approximate surface area is 250 Å². The van der Waals surface area contributed by atoms with Crippen LogP contribution in [-0.2, 0) is 26.2 Å². The van der Waals surface area contributed by atoms with Crippen LogP contribution in [0.1, 0.15) is 43.4 Å². The number of amides is 2. The number of aryl methyl sites for hydroxylation is 2. The summed E-state index contributed by atoms with van der Waals surface area (Å²) in [5.41, 5.74) is 2.64. The van der Waals surface area contributed by atoms with Gasteiger partial charge in [-0.2, -0.15) is 0 Å². The fourth-order valence-electron chi connectivity index (χ4n) is 4.11. The van der Waals surface area contributed by atoms with Crippen molar-refractivity contribution in [1.82, 2.24) is 10.2 Å². The number of carbonyl (C=O) groups excluding carboxylic acids is 2. The lowest BCUT2D eigenvalue weighted by molar-refractivity contribution is -0.139. The van der Waals surface area contributed by atoms with Crippen molar-refractivity contribution in [3.05, 3.63) is 92.9 Å². The number of benzene rings is 3. The molecular weight excluding hydrogens is 614 g/mol. The average Bonchev–Trinajstić information content (AvgIpc) is 2.92. The van der Waals surface area contributed by atoms with Gasteiger partial charge in [0.05, 0.1) is 10.6 Å². The number of nitrogens with one attached hydrogen (secondary N) is 1. The molecule has 0 fully saturated rings. The fraction of sp³-hybridized carbons (Fsp3) is 0.333. The van der Waals surface area contributed by atoms with Crippen molar-refractivity contribution >= 4 is 55.1 Å². The van der Waals surface area contributed by atoms with Crippen molar-refractivity contribution in [2.24, 2.45) is 0 Å². The molecule has 0 aliphatic carbocycles. The first-order chi connectivity index (χ1) is 18.9. The lowest BCUT2D eigenvalue weighted by Gasteiger charge is -2.32. The van der Waals surface area contributed by atoms with Crippen molar-refractivity contribution < 1.29 is 18.0 Å². The first kappa shape index (κ1) is 31.6. The normalized spacial score (nSPS) is 12.1. The lowest BCUT2D eigenvalue weighted by Crippen LogP contribution is -2.51. The number of unbranched alkanes of at least 4 members (excludes halogenated alkanes) is 1. The van der Waals surface area contributed by atoms with Crippen LogP contribution >= 0.6 is 27.5 Å². The van der Waals surface area contributed by atoms with Gasteiger partial charge in [0.2, 0.25) is 11.8 Å². The minimum atomic E-state index is -4.16. The molecule has 214 valence electrons. The summed E-state index contributed by atoms with van der Waals surface area (Å²) in [6.07, 6.45) is 1.73. The second-order valence-corrected chi connectivity index (χ2v) is 12.9. The SMILES string of the molecule is CCCCNC(=O)[C@@H](C)N(Cc1ccc(Br)cc1)C(=O)CN(c1cc(Cl)ccc1C)S(=O)(=O)c1ccc(C)cc1. The van der Waals surface area contributed by atoms with Gasteiger partial charge in [0.15, 0.2) is 0 Å². The van der Waals surface area contributed by atoms with E-state index in [-0.39, 0.29) is 17.3 Å². The minimum Gasteiger partial charge on any atom is -0.354 e. The van der Waals surface area contributed by atoms with Gasteiger partial charge in [0, 0.05) is 22.6 Å². The Morgan fingerprint density at radius 3 is 2.27 bits per heavy atom. The second kappa shape index (κ2) is 14.1. The Morgan fingerprint density at radius 1 is 1.00 bits per heavy atom. The maximum absolute atomic E-state index is 14.0. The number of hydrogen-bond acceptors (Lipinski definition) is 4. The summed E-state index contributed by atoms with van der Waals surface area (Å²) in [5, 5.41) is 3.23. The van der Waals surface area contributed by atoms with E-state index in [4.69, 9.17) is 11.6 Å². The number of nitrogens with zero attached hydrogens (tertiary/aromatic N) is 2. The molecule has 1 atom stereocenters. The van der Waals surface area contributed by atoms with Crippen molar-refractivity contribution in [3.8, 4) is 0 Å². The maximum atomic E-state index is 14.0. The van der Waals surface area contributed by atoms with Gasteiger partial charge >= 0.3 is 0 Å². The second-order valence-electron chi connectivity index (χ2n) is 9.72. The zero-order valence-corrected chi connectivity index (χ0v) is 26.3. The van der Waals surface area contributed by atoms with Crippen LogP contribution in [0.15, 0.2) is 76.1 Å². The Hall–Kier alpha value is -2.88. The third-order valence-electron chi connectivity index (χ3n) is 6.59. The summed E-state index contributed by atoms with van der Waals surface area (Å²) in [5.74, 6) is -0.818. The maximum Gasteiger partial charge on any atom is 0.264 e. The molecule has 0 spiro atoms. The summed E-state index contributed by atoms with van der Waals surface area (Å²) in [6.45, 7) is 7.42. The molecule has 3 aromatic carbocycles. The first-order valence-electron chi connectivity index (χ1n) is 13.1. The van der Waals surface area contributed by atoms with E-state index in [1.54, 1.807) is 38.1 Å². The lowest BCUT2D eigenvalue weighted by atomic mass is 10.1. The quantitative estimate of drug-likeness (QED) is 0.235. The highest BCUT2D eigenvalue weighted by Gasteiger charge is 2.33. The van der Waals surface area contributed by atoms with Crippen molar-refractivity contribution in [2.45, 2.75) is 58.0 Å². The highest BCUT2D eigenvalue weighted by Crippen LogP contribution is 2.30. The molecule has 0 aliphatic rings. The molecule has 0 saturated carbocycles. The van der Waals surface area contributed by atoms with Gasteiger partial charge in [-0.25, -0.2) is 8.42 Å². The molecule has 7 nitrogen and oxygen atoms in total. The highest BCUT2D eigenvalue weighted by molar-refractivity contribution is 9.10. The molecule has 3 aromatic rings. The number of carbonyl (C=O) groups is 2. The molecule has 2 amide bonds. The molecule has 0 bridgehead atoms. The third kappa shape index (κ3) is 8.08. The van der Waals surface area contributed by atoms with Crippen LogP contribution in [0.4, 0.5) is 5.69 Å². The number of anilines is 1. The summed E-state index contributed by atoms with van der Waals surface area (Å²) in [6, 6.07) is 18.0. The Morgan fingerprint density at radius 2 is 1.65 bits per heavy atom. The number of sulfonamides is 1. The molecule has 0 saturated heterocycles. The predicted octanol–water partition coefficient (Wildman–Crippen LogP) is 6.25. The summed E-state index contributed by atoms with van der Waals surface area (Å²) in [4.78, 5) is 28.5. The number of hydrogen-bond donors (Lipinski definition) is 1. The van der Waals surface area contributed by atoms with Crippen LogP contribution in [0.25, 0.3) is 0 Å². The monoisotopic (exact) mass is 647 g/mol. The van der Waals surface area contributed by atoms with E-state index in [1.807, 2.05) is 38.1 Å². The van der Waals surface area contributed by atoms with Gasteiger partial charge in [0.1, 0.15) is 12.6 Å². The van der Waals surface area contributed by atoms with Gasteiger partial charge < -0.3 is 10.2 Å². The number of rotatable bonds is 12. The largest absolute Gasteiger partial charge is 0.354 e. The molecule has 0 aliphatic heterocycles. The van der Waals surface area contributed by atoms with Gasteiger partial charge in [-0.1, -0.05) is 76.8 Å². The van der Waals surface area contributed by atoms with Crippen molar-refractivity contribution in [1.29, 1.82) is 0 Å². The average molecular weight is 649 g/mol. The smallest absolute Gasteiger partial charge is 0.264 e. The summed E-state index contributed by atoms with van der Waals surface area (Å²) >= 11 is 9.69. The van der Waals surface area contributed by atoms with Crippen LogP contribution in [0, 0.1) is 13.8 Å². The predicted molar refractivity (Wildman–Crippen MR) is 164 cm³/mol. The van der Waals surface area contributed by atoms with E-state index in [1.165, 1.54) is 23.1 Å². The molecule has 40 heavy (non-hydrogen) atoms.